The monoisotopic (exact) mass is 342 g/mol. The van der Waals surface area contributed by atoms with Gasteiger partial charge in [-0.1, -0.05) is 41.7 Å². The Labute approximate surface area is 140 Å². The summed E-state index contributed by atoms with van der Waals surface area (Å²) in [6.45, 7) is -0.322. The Kier molecular flexibility index (Phi) is 3.63. The number of rotatable bonds is 3. The van der Waals surface area contributed by atoms with Crippen LogP contribution in [-0.2, 0) is 6.61 Å². The third-order valence-electron chi connectivity index (χ3n) is 3.82. The van der Waals surface area contributed by atoms with Crippen LogP contribution in [0.4, 0.5) is 8.78 Å². The molecule has 0 fully saturated rings. The lowest BCUT2D eigenvalue weighted by atomic mass is 10.1. The Bertz CT molecular complexity index is 1020. The molecule has 24 heavy (non-hydrogen) atoms. The van der Waals surface area contributed by atoms with E-state index in [1.807, 2.05) is 36.5 Å². The lowest BCUT2D eigenvalue weighted by molar-refractivity contribution is 0.276. The molecule has 0 bridgehead atoms. The van der Waals surface area contributed by atoms with Crippen molar-refractivity contribution >= 4 is 16.3 Å². The van der Waals surface area contributed by atoms with Crippen LogP contribution in [-0.4, -0.2) is 14.5 Å². The number of imidazole rings is 1. The van der Waals surface area contributed by atoms with Gasteiger partial charge in [0, 0.05) is 11.8 Å². The van der Waals surface area contributed by atoms with Gasteiger partial charge in [-0.15, -0.1) is 0 Å². The third kappa shape index (κ3) is 2.40. The van der Waals surface area contributed by atoms with Gasteiger partial charge in [-0.25, -0.2) is 13.8 Å². The molecule has 0 aliphatic carbocycles. The molecule has 0 aliphatic rings. The first-order valence-electron chi connectivity index (χ1n) is 7.30. The van der Waals surface area contributed by atoms with E-state index in [1.165, 1.54) is 11.3 Å². The first kappa shape index (κ1) is 15.0. The summed E-state index contributed by atoms with van der Waals surface area (Å²) in [5.74, 6) is -1.11. The fourth-order valence-electron chi connectivity index (χ4n) is 2.67. The van der Waals surface area contributed by atoms with Crippen LogP contribution >= 0.6 is 11.3 Å². The molecule has 2 aromatic heterocycles. The van der Waals surface area contributed by atoms with Gasteiger partial charge in [0.25, 0.3) is 0 Å². The zero-order valence-corrected chi connectivity index (χ0v) is 13.2. The van der Waals surface area contributed by atoms with Crippen LogP contribution in [0.2, 0.25) is 0 Å². The third-order valence-corrected chi connectivity index (χ3v) is 4.85. The molecule has 0 spiro atoms. The lowest BCUT2D eigenvalue weighted by Gasteiger charge is -2.03. The molecular weight excluding hydrogens is 330 g/mol. The Morgan fingerprint density at radius 3 is 2.62 bits per heavy atom. The van der Waals surface area contributed by atoms with Crippen molar-refractivity contribution < 1.29 is 13.9 Å². The van der Waals surface area contributed by atoms with Gasteiger partial charge in [0.05, 0.1) is 22.9 Å². The van der Waals surface area contributed by atoms with Crippen LogP contribution in [0.1, 0.15) is 5.69 Å². The maximum absolute atomic E-state index is 14.1. The predicted octanol–water partition coefficient (Wildman–Crippen LogP) is 4.50. The van der Waals surface area contributed by atoms with Crippen LogP contribution in [0, 0.1) is 11.6 Å². The Hall–Kier alpha value is -2.57. The number of aromatic nitrogens is 2. The quantitative estimate of drug-likeness (QED) is 0.595. The van der Waals surface area contributed by atoms with Gasteiger partial charge in [0.2, 0.25) is 0 Å². The molecule has 2 aromatic carbocycles. The topological polar surface area (TPSA) is 37.5 Å². The number of hydrogen-bond acceptors (Lipinski definition) is 3. The molecule has 2 heterocycles. The van der Waals surface area contributed by atoms with Crippen molar-refractivity contribution in [2.45, 2.75) is 6.61 Å². The normalized spacial score (nSPS) is 11.3. The summed E-state index contributed by atoms with van der Waals surface area (Å²) in [4.78, 5) is 6.02. The fraction of sp³-hybridized carbons (Fsp3) is 0.0556. The molecule has 0 saturated heterocycles. The van der Waals surface area contributed by atoms with Crippen molar-refractivity contribution in [1.82, 2.24) is 9.38 Å². The first-order valence-corrected chi connectivity index (χ1v) is 8.11. The average Bonchev–Trinajstić information content (AvgIpc) is 3.15. The molecule has 0 unspecified atom stereocenters. The molecule has 0 aliphatic heterocycles. The van der Waals surface area contributed by atoms with Crippen LogP contribution in [0.5, 0.6) is 0 Å². The summed E-state index contributed by atoms with van der Waals surface area (Å²) in [6, 6.07) is 13.0. The molecule has 4 rings (SSSR count). The molecule has 4 aromatic rings. The van der Waals surface area contributed by atoms with Gasteiger partial charge in [-0.05, 0) is 23.8 Å². The number of benzene rings is 2. The largest absolute Gasteiger partial charge is 0.390 e. The molecule has 0 amide bonds. The molecular formula is C18H12F2N2OS. The summed E-state index contributed by atoms with van der Waals surface area (Å²) >= 11 is 1.43. The summed E-state index contributed by atoms with van der Waals surface area (Å²) in [5, 5.41) is 9.73. The van der Waals surface area contributed by atoms with Crippen molar-refractivity contribution in [3.8, 4) is 21.7 Å². The zero-order valence-electron chi connectivity index (χ0n) is 12.4. The Morgan fingerprint density at radius 1 is 1.08 bits per heavy atom. The van der Waals surface area contributed by atoms with E-state index in [1.54, 1.807) is 4.40 Å². The number of thiazole rings is 1. The molecule has 0 radical (unpaired) electrons. The highest BCUT2D eigenvalue weighted by Crippen LogP contribution is 2.34. The van der Waals surface area contributed by atoms with Gasteiger partial charge < -0.3 is 5.11 Å². The highest BCUT2D eigenvalue weighted by atomic mass is 32.1. The molecule has 1 N–H and O–H groups in total. The van der Waals surface area contributed by atoms with E-state index in [-0.39, 0.29) is 17.9 Å². The van der Waals surface area contributed by atoms with Crippen LogP contribution in [0.15, 0.2) is 54.7 Å². The Balaban J connectivity index is 1.90. The summed E-state index contributed by atoms with van der Waals surface area (Å²) in [5.41, 5.74) is 1.79. The molecule has 120 valence electrons. The molecule has 6 heteroatoms. The molecule has 3 nitrogen and oxygen atoms in total. The number of nitrogens with zero attached hydrogens (tertiary/aromatic N) is 2. The van der Waals surface area contributed by atoms with Crippen LogP contribution in [0.25, 0.3) is 26.7 Å². The highest BCUT2D eigenvalue weighted by molar-refractivity contribution is 7.20. The lowest BCUT2D eigenvalue weighted by Crippen LogP contribution is -1.95. The molecule has 0 atom stereocenters. The number of fused-ring (bicyclic) bond motifs is 1. The van der Waals surface area contributed by atoms with E-state index in [4.69, 9.17) is 0 Å². The summed E-state index contributed by atoms with van der Waals surface area (Å²) in [7, 11) is 0. The second-order valence-electron chi connectivity index (χ2n) is 5.30. The highest BCUT2D eigenvalue weighted by Gasteiger charge is 2.19. The van der Waals surface area contributed by atoms with E-state index >= 15 is 0 Å². The van der Waals surface area contributed by atoms with Gasteiger partial charge in [0.1, 0.15) is 11.6 Å². The minimum Gasteiger partial charge on any atom is -0.390 e. The first-order chi connectivity index (χ1) is 11.7. The number of aliphatic hydroxyl groups is 1. The standard InChI is InChI=1S/C18H12F2N2OS/c19-12-6-7-14(20)13(8-12)17-15(10-23)22-9-16(24-18(22)21-17)11-4-2-1-3-5-11/h1-9,23H,10H2. The Morgan fingerprint density at radius 2 is 1.88 bits per heavy atom. The predicted molar refractivity (Wildman–Crippen MR) is 89.8 cm³/mol. The van der Waals surface area contributed by atoms with Crippen molar-refractivity contribution in [1.29, 1.82) is 0 Å². The maximum Gasteiger partial charge on any atom is 0.195 e. The zero-order chi connectivity index (χ0) is 16.7. The number of halogens is 2. The van der Waals surface area contributed by atoms with Crippen LogP contribution < -0.4 is 0 Å². The van der Waals surface area contributed by atoms with Crippen molar-refractivity contribution in [3.05, 3.63) is 72.1 Å². The maximum atomic E-state index is 14.1. The number of hydrogen-bond donors (Lipinski definition) is 1. The fourth-order valence-corrected chi connectivity index (χ4v) is 3.68. The second kappa shape index (κ2) is 5.81. The smallest absolute Gasteiger partial charge is 0.195 e. The van der Waals surface area contributed by atoms with E-state index in [2.05, 4.69) is 4.98 Å². The summed E-state index contributed by atoms with van der Waals surface area (Å²) < 4.78 is 29.3. The van der Waals surface area contributed by atoms with Crippen LogP contribution in [0.3, 0.4) is 0 Å². The van der Waals surface area contributed by atoms with E-state index < -0.39 is 11.6 Å². The average molecular weight is 342 g/mol. The van der Waals surface area contributed by atoms with Crippen molar-refractivity contribution in [3.63, 3.8) is 0 Å². The van der Waals surface area contributed by atoms with E-state index in [9.17, 15) is 13.9 Å². The van der Waals surface area contributed by atoms with Gasteiger partial charge in [0.15, 0.2) is 4.96 Å². The SMILES string of the molecule is OCc1c(-c2cc(F)ccc2F)nc2sc(-c3ccccc3)cn12. The number of aliphatic hydroxyl groups excluding tert-OH is 1. The van der Waals surface area contributed by atoms with Crippen molar-refractivity contribution in [2.24, 2.45) is 0 Å². The summed E-state index contributed by atoms with van der Waals surface area (Å²) in [6.07, 6.45) is 1.86. The van der Waals surface area contributed by atoms with Crippen molar-refractivity contribution in [2.75, 3.05) is 0 Å². The molecule has 0 saturated carbocycles. The minimum atomic E-state index is -0.569. The second-order valence-corrected chi connectivity index (χ2v) is 6.31. The van der Waals surface area contributed by atoms with E-state index in [0.717, 1.165) is 28.6 Å². The van der Waals surface area contributed by atoms with Gasteiger partial charge >= 0.3 is 0 Å². The van der Waals surface area contributed by atoms with E-state index in [0.29, 0.717) is 10.7 Å². The van der Waals surface area contributed by atoms with Gasteiger partial charge in [-0.2, -0.15) is 0 Å². The minimum absolute atomic E-state index is 0.0520. The van der Waals surface area contributed by atoms with Gasteiger partial charge in [-0.3, -0.25) is 4.40 Å².